The molecule has 2 aromatic heterocycles. The molecule has 1 aliphatic carbocycles. The van der Waals surface area contributed by atoms with Gasteiger partial charge in [0.2, 0.25) is 0 Å². The van der Waals surface area contributed by atoms with E-state index in [1.807, 2.05) is 13.0 Å². The molecule has 0 amide bonds. The molecule has 0 aliphatic heterocycles. The topological polar surface area (TPSA) is 85.1 Å². The molecular weight excluding hydrogens is 358 g/mol. The van der Waals surface area contributed by atoms with Crippen LogP contribution in [0.5, 0.6) is 0 Å². The molecule has 2 heterocycles. The highest BCUT2D eigenvalue weighted by Gasteiger charge is 2.30. The Morgan fingerprint density at radius 1 is 1.24 bits per heavy atom. The van der Waals surface area contributed by atoms with Gasteiger partial charge in [-0.05, 0) is 55.3 Å². The smallest absolute Gasteiger partial charge is 0.270 e. The Morgan fingerprint density at radius 2 is 2.04 bits per heavy atom. The molecule has 1 saturated carbocycles. The minimum atomic E-state index is -3.70. The molecule has 25 heavy (non-hydrogen) atoms. The number of sulfonamides is 1. The maximum atomic E-state index is 12.8. The first-order valence-electron chi connectivity index (χ1n) is 7.95. The zero-order chi connectivity index (χ0) is 17.6. The van der Waals surface area contributed by atoms with Gasteiger partial charge in [-0.25, -0.2) is 8.42 Å². The SMILES string of the molecule is Cc1ccc(C)c(S(=O)(=O)Nc2ccsc2-c2nc(C3CC3)no2)c1. The van der Waals surface area contributed by atoms with Gasteiger partial charge >= 0.3 is 0 Å². The number of nitrogens with one attached hydrogen (secondary N) is 1. The van der Waals surface area contributed by atoms with Crippen LogP contribution in [0, 0.1) is 13.8 Å². The van der Waals surface area contributed by atoms with Crippen LogP contribution in [0.25, 0.3) is 10.8 Å². The number of aromatic nitrogens is 2. The van der Waals surface area contributed by atoms with Gasteiger partial charge in [0.25, 0.3) is 15.9 Å². The van der Waals surface area contributed by atoms with Crippen LogP contribution in [0.4, 0.5) is 5.69 Å². The Bertz CT molecular complexity index is 1030. The molecule has 1 aliphatic rings. The highest BCUT2D eigenvalue weighted by Crippen LogP contribution is 2.40. The lowest BCUT2D eigenvalue weighted by atomic mass is 10.2. The number of nitrogens with zero attached hydrogens (tertiary/aromatic N) is 2. The molecule has 4 rings (SSSR count). The standard InChI is InChI=1S/C17H17N3O3S2/c1-10-3-4-11(2)14(9-10)25(21,22)20-13-7-8-24-15(13)17-18-16(19-23-17)12-5-6-12/h3-4,7-9,12,20H,5-6H2,1-2H3. The van der Waals surface area contributed by atoms with E-state index in [4.69, 9.17) is 4.52 Å². The summed E-state index contributed by atoms with van der Waals surface area (Å²) in [6.07, 6.45) is 2.16. The summed E-state index contributed by atoms with van der Waals surface area (Å²) in [6, 6.07) is 7.08. The molecule has 130 valence electrons. The molecule has 0 unspecified atom stereocenters. The van der Waals surface area contributed by atoms with E-state index < -0.39 is 10.0 Å². The zero-order valence-electron chi connectivity index (χ0n) is 13.8. The number of benzene rings is 1. The highest BCUT2D eigenvalue weighted by molar-refractivity contribution is 7.92. The minimum absolute atomic E-state index is 0.272. The molecule has 1 aromatic carbocycles. The van der Waals surface area contributed by atoms with Gasteiger partial charge in [0.1, 0.15) is 4.88 Å². The van der Waals surface area contributed by atoms with E-state index in [1.165, 1.54) is 11.3 Å². The van der Waals surface area contributed by atoms with E-state index in [1.54, 1.807) is 30.5 Å². The summed E-state index contributed by atoms with van der Waals surface area (Å²) in [4.78, 5) is 5.31. The second-order valence-electron chi connectivity index (χ2n) is 6.27. The quantitative estimate of drug-likeness (QED) is 0.726. The fourth-order valence-corrected chi connectivity index (χ4v) is 4.82. The molecule has 0 atom stereocenters. The van der Waals surface area contributed by atoms with Crippen molar-refractivity contribution in [2.24, 2.45) is 0 Å². The van der Waals surface area contributed by atoms with Gasteiger partial charge < -0.3 is 4.52 Å². The van der Waals surface area contributed by atoms with E-state index in [-0.39, 0.29) is 4.90 Å². The third-order valence-electron chi connectivity index (χ3n) is 4.12. The fraction of sp³-hybridized carbons (Fsp3) is 0.294. The molecule has 0 radical (unpaired) electrons. The monoisotopic (exact) mass is 375 g/mol. The predicted octanol–water partition coefficient (Wildman–Crippen LogP) is 4.09. The number of thiophene rings is 1. The molecular formula is C17H17N3O3S2. The van der Waals surface area contributed by atoms with Crippen LogP contribution in [-0.2, 0) is 10.0 Å². The average molecular weight is 375 g/mol. The average Bonchev–Trinajstić information content (AvgIpc) is 3.12. The van der Waals surface area contributed by atoms with E-state index in [0.717, 1.165) is 18.4 Å². The Labute approximate surface area is 150 Å². The first kappa shape index (κ1) is 16.3. The normalized spacial score (nSPS) is 14.6. The van der Waals surface area contributed by atoms with Crippen LogP contribution in [0.15, 0.2) is 39.1 Å². The Morgan fingerprint density at radius 3 is 2.80 bits per heavy atom. The van der Waals surface area contributed by atoms with Gasteiger partial charge in [-0.15, -0.1) is 11.3 Å². The number of aryl methyl sites for hydroxylation is 2. The van der Waals surface area contributed by atoms with Crippen molar-refractivity contribution in [1.82, 2.24) is 10.1 Å². The Balaban J connectivity index is 1.67. The van der Waals surface area contributed by atoms with Crippen LogP contribution < -0.4 is 4.72 Å². The first-order chi connectivity index (χ1) is 11.9. The van der Waals surface area contributed by atoms with Gasteiger partial charge in [-0.2, -0.15) is 4.98 Å². The van der Waals surface area contributed by atoms with E-state index in [2.05, 4.69) is 14.9 Å². The fourth-order valence-electron chi connectivity index (χ4n) is 2.59. The molecule has 0 spiro atoms. The van der Waals surface area contributed by atoms with E-state index in [9.17, 15) is 8.42 Å². The van der Waals surface area contributed by atoms with Crippen LogP contribution in [-0.4, -0.2) is 18.6 Å². The summed E-state index contributed by atoms with van der Waals surface area (Å²) in [5.41, 5.74) is 2.04. The summed E-state index contributed by atoms with van der Waals surface area (Å²) in [5, 5.41) is 5.80. The van der Waals surface area contributed by atoms with Crippen molar-refractivity contribution < 1.29 is 12.9 Å². The second kappa shape index (κ2) is 5.96. The number of hydrogen-bond acceptors (Lipinski definition) is 6. The van der Waals surface area contributed by atoms with Crippen molar-refractivity contribution in [3.05, 3.63) is 46.6 Å². The molecule has 1 fully saturated rings. The maximum absolute atomic E-state index is 12.8. The van der Waals surface area contributed by atoms with Gasteiger partial charge in [0, 0.05) is 5.92 Å². The van der Waals surface area contributed by atoms with Crippen LogP contribution in [0.3, 0.4) is 0 Å². The van der Waals surface area contributed by atoms with Crippen LogP contribution >= 0.6 is 11.3 Å². The molecule has 6 nitrogen and oxygen atoms in total. The summed E-state index contributed by atoms with van der Waals surface area (Å²) >= 11 is 1.37. The first-order valence-corrected chi connectivity index (χ1v) is 10.3. The molecule has 3 aromatic rings. The Kier molecular flexibility index (Phi) is 3.88. The zero-order valence-corrected chi connectivity index (χ0v) is 15.4. The van der Waals surface area contributed by atoms with Gasteiger partial charge in [0.15, 0.2) is 5.82 Å². The van der Waals surface area contributed by atoms with Gasteiger partial charge in [-0.1, -0.05) is 17.3 Å². The number of rotatable bonds is 5. The van der Waals surface area contributed by atoms with Crippen LogP contribution in [0.1, 0.15) is 35.7 Å². The molecule has 0 saturated heterocycles. The number of hydrogen-bond donors (Lipinski definition) is 1. The minimum Gasteiger partial charge on any atom is -0.333 e. The van der Waals surface area contributed by atoms with Crippen LogP contribution in [0.2, 0.25) is 0 Å². The Hall–Kier alpha value is -2.19. The third-order valence-corrected chi connectivity index (χ3v) is 6.53. The van der Waals surface area contributed by atoms with Crippen molar-refractivity contribution in [3.8, 4) is 10.8 Å². The lowest BCUT2D eigenvalue weighted by molar-refractivity contribution is 0.423. The second-order valence-corrected chi connectivity index (χ2v) is 8.84. The molecule has 8 heteroatoms. The molecule has 0 bridgehead atoms. The van der Waals surface area contributed by atoms with Crippen molar-refractivity contribution in [1.29, 1.82) is 0 Å². The van der Waals surface area contributed by atoms with Crippen molar-refractivity contribution in [2.45, 2.75) is 37.5 Å². The summed E-state index contributed by atoms with van der Waals surface area (Å²) in [5.74, 6) is 1.44. The van der Waals surface area contributed by atoms with Gasteiger partial charge in [-0.3, -0.25) is 4.72 Å². The summed E-state index contributed by atoms with van der Waals surface area (Å²) in [7, 11) is -3.70. The number of anilines is 1. The summed E-state index contributed by atoms with van der Waals surface area (Å²) in [6.45, 7) is 3.65. The van der Waals surface area contributed by atoms with E-state index in [0.29, 0.717) is 33.8 Å². The van der Waals surface area contributed by atoms with E-state index >= 15 is 0 Å². The van der Waals surface area contributed by atoms with Gasteiger partial charge in [0.05, 0.1) is 10.6 Å². The van der Waals surface area contributed by atoms with Crippen molar-refractivity contribution >= 4 is 27.0 Å². The lowest BCUT2D eigenvalue weighted by Crippen LogP contribution is -2.14. The highest BCUT2D eigenvalue weighted by atomic mass is 32.2. The maximum Gasteiger partial charge on any atom is 0.270 e. The summed E-state index contributed by atoms with van der Waals surface area (Å²) < 4.78 is 33.6. The largest absolute Gasteiger partial charge is 0.333 e. The third kappa shape index (κ3) is 3.19. The molecule has 1 N–H and O–H groups in total. The predicted molar refractivity (Wildman–Crippen MR) is 96.3 cm³/mol. The lowest BCUT2D eigenvalue weighted by Gasteiger charge is -2.10. The van der Waals surface area contributed by atoms with Crippen molar-refractivity contribution in [2.75, 3.05) is 4.72 Å². The van der Waals surface area contributed by atoms with Crippen molar-refractivity contribution in [3.63, 3.8) is 0 Å².